The van der Waals surface area contributed by atoms with Gasteiger partial charge in [-0.3, -0.25) is 10.1 Å². The first-order chi connectivity index (χ1) is 13.4. The second kappa shape index (κ2) is 8.24. The van der Waals surface area contributed by atoms with Gasteiger partial charge in [0.2, 0.25) is 0 Å². The van der Waals surface area contributed by atoms with Gasteiger partial charge in [0.15, 0.2) is 5.11 Å². The van der Waals surface area contributed by atoms with E-state index in [9.17, 15) is 9.59 Å². The van der Waals surface area contributed by atoms with Crippen molar-refractivity contribution >= 4 is 57.3 Å². The van der Waals surface area contributed by atoms with Crippen LogP contribution in [-0.2, 0) is 0 Å². The number of fused-ring (bicyclic) bond motifs is 1. The maximum absolute atomic E-state index is 12.7. The summed E-state index contributed by atoms with van der Waals surface area (Å²) in [4.78, 5) is 23.8. The average Bonchev–Trinajstić information content (AvgIpc) is 2.68. The number of thiocarbonyl (C=S) groups is 1. The Labute approximate surface area is 171 Å². The van der Waals surface area contributed by atoms with E-state index < -0.39 is 11.9 Å². The van der Waals surface area contributed by atoms with Crippen LogP contribution in [0.15, 0.2) is 54.6 Å². The van der Waals surface area contributed by atoms with Crippen molar-refractivity contribution in [2.75, 3.05) is 12.4 Å². The monoisotopic (exact) mass is 414 g/mol. The second-order valence-electron chi connectivity index (χ2n) is 5.81. The Morgan fingerprint density at radius 3 is 2.39 bits per heavy atom. The van der Waals surface area contributed by atoms with Gasteiger partial charge in [-0.15, -0.1) is 0 Å². The molecule has 6 nitrogen and oxygen atoms in total. The molecule has 142 valence electrons. The summed E-state index contributed by atoms with van der Waals surface area (Å²) < 4.78 is 5.32. The number of rotatable bonds is 4. The summed E-state index contributed by atoms with van der Waals surface area (Å²) in [5.41, 5.74) is 0.630. The molecule has 0 saturated carbocycles. The van der Waals surface area contributed by atoms with Crippen molar-refractivity contribution in [3.63, 3.8) is 0 Å². The Morgan fingerprint density at radius 2 is 1.75 bits per heavy atom. The molecule has 3 rings (SSSR count). The molecule has 0 aliphatic carbocycles. The van der Waals surface area contributed by atoms with Gasteiger partial charge in [0.25, 0.3) is 5.91 Å². The van der Waals surface area contributed by atoms with E-state index >= 15 is 0 Å². The van der Waals surface area contributed by atoms with E-state index in [1.807, 2.05) is 24.3 Å². The molecule has 3 aromatic carbocycles. The smallest absolute Gasteiger partial charge is 0.335 e. The largest absolute Gasteiger partial charge is 0.496 e. The predicted octanol–water partition coefficient (Wildman–Crippen LogP) is 4.33. The second-order valence-corrected chi connectivity index (χ2v) is 6.62. The predicted molar refractivity (Wildman–Crippen MR) is 113 cm³/mol. The number of halogens is 1. The lowest BCUT2D eigenvalue weighted by atomic mass is 10.1. The minimum absolute atomic E-state index is 0.0235. The molecule has 3 aromatic rings. The van der Waals surface area contributed by atoms with Gasteiger partial charge in [0.05, 0.1) is 28.9 Å². The first kappa shape index (κ1) is 19.6. The number of carboxylic acid groups (broad SMARTS) is 1. The molecule has 0 fully saturated rings. The molecule has 0 bridgehead atoms. The first-order valence-corrected chi connectivity index (χ1v) is 8.89. The minimum Gasteiger partial charge on any atom is -0.496 e. The SMILES string of the molecule is COc1cc2ccccc2cc1C(=O)NC(=S)Nc1cc(C(=O)O)ccc1Cl. The molecule has 0 aliphatic rings. The zero-order valence-corrected chi connectivity index (χ0v) is 16.2. The molecular formula is C20H15ClN2O4S. The molecule has 0 heterocycles. The highest BCUT2D eigenvalue weighted by molar-refractivity contribution is 7.80. The number of anilines is 1. The van der Waals surface area contributed by atoms with Crippen LogP contribution in [0.5, 0.6) is 5.75 Å². The van der Waals surface area contributed by atoms with E-state index in [1.165, 1.54) is 25.3 Å². The van der Waals surface area contributed by atoms with Crippen LogP contribution in [0.25, 0.3) is 10.8 Å². The molecule has 0 radical (unpaired) electrons. The first-order valence-electron chi connectivity index (χ1n) is 8.11. The lowest BCUT2D eigenvalue weighted by Crippen LogP contribution is -2.34. The summed E-state index contributed by atoms with van der Waals surface area (Å²) in [7, 11) is 1.48. The molecule has 0 aromatic heterocycles. The fourth-order valence-corrected chi connectivity index (χ4v) is 3.01. The van der Waals surface area contributed by atoms with Gasteiger partial charge < -0.3 is 15.2 Å². The standard InChI is InChI=1S/C20H15ClN2O4S/c1-27-17-10-12-5-3-2-4-11(12)8-14(17)18(24)23-20(28)22-16-9-13(19(25)26)6-7-15(16)21/h2-10H,1H3,(H,25,26)(H2,22,23,24,28). The van der Waals surface area contributed by atoms with Crippen molar-refractivity contribution in [3.8, 4) is 5.75 Å². The molecule has 0 unspecified atom stereocenters. The highest BCUT2D eigenvalue weighted by Gasteiger charge is 2.16. The molecule has 0 aliphatic heterocycles. The Hall–Kier alpha value is -3.16. The summed E-state index contributed by atoms with van der Waals surface area (Å²) in [6.45, 7) is 0. The number of hydrogen-bond donors (Lipinski definition) is 3. The molecule has 0 spiro atoms. The molecule has 0 atom stereocenters. The molecule has 3 N–H and O–H groups in total. The highest BCUT2D eigenvalue weighted by atomic mass is 35.5. The van der Waals surface area contributed by atoms with Gasteiger partial charge in [-0.05, 0) is 53.3 Å². The van der Waals surface area contributed by atoms with E-state index in [1.54, 1.807) is 12.1 Å². The molecular weight excluding hydrogens is 400 g/mol. The zero-order valence-electron chi connectivity index (χ0n) is 14.7. The van der Waals surface area contributed by atoms with Gasteiger partial charge in [-0.2, -0.15) is 0 Å². The molecule has 28 heavy (non-hydrogen) atoms. The average molecular weight is 415 g/mol. The van der Waals surface area contributed by atoms with Crippen LogP contribution in [-0.4, -0.2) is 29.2 Å². The van der Waals surface area contributed by atoms with Gasteiger partial charge in [-0.25, -0.2) is 4.79 Å². The van der Waals surface area contributed by atoms with Crippen molar-refractivity contribution in [2.24, 2.45) is 0 Å². The fourth-order valence-electron chi connectivity index (χ4n) is 2.64. The maximum Gasteiger partial charge on any atom is 0.335 e. The molecule has 0 saturated heterocycles. The lowest BCUT2D eigenvalue weighted by Gasteiger charge is -2.13. The maximum atomic E-state index is 12.7. The Bertz CT molecular complexity index is 1100. The summed E-state index contributed by atoms with van der Waals surface area (Å²) in [6, 6.07) is 15.2. The van der Waals surface area contributed by atoms with Crippen LogP contribution in [0.2, 0.25) is 5.02 Å². The zero-order chi connectivity index (χ0) is 20.3. The molecule has 1 amide bonds. The van der Waals surface area contributed by atoms with E-state index in [2.05, 4.69) is 10.6 Å². The number of carbonyl (C=O) groups is 2. The van der Waals surface area contributed by atoms with Crippen molar-refractivity contribution in [3.05, 3.63) is 70.7 Å². The summed E-state index contributed by atoms with van der Waals surface area (Å²) in [5, 5.41) is 16.4. The van der Waals surface area contributed by atoms with Crippen LogP contribution in [0, 0.1) is 0 Å². The summed E-state index contributed by atoms with van der Waals surface area (Å²) in [5.74, 6) is -1.16. The number of nitrogens with one attached hydrogen (secondary N) is 2. The van der Waals surface area contributed by atoms with Gasteiger partial charge in [0, 0.05) is 0 Å². The van der Waals surface area contributed by atoms with E-state index in [0.717, 1.165) is 10.8 Å². The number of carbonyl (C=O) groups excluding carboxylic acids is 1. The number of amides is 1. The van der Waals surface area contributed by atoms with E-state index in [0.29, 0.717) is 11.3 Å². The number of carboxylic acids is 1. The fraction of sp³-hybridized carbons (Fsp3) is 0.0500. The van der Waals surface area contributed by atoms with Crippen molar-refractivity contribution in [1.82, 2.24) is 5.32 Å². The Morgan fingerprint density at radius 1 is 1.07 bits per heavy atom. The number of aromatic carboxylic acids is 1. The van der Waals surface area contributed by atoms with Crippen LogP contribution >= 0.6 is 23.8 Å². The number of ether oxygens (including phenoxy) is 1. The third-order valence-electron chi connectivity index (χ3n) is 4.00. The highest BCUT2D eigenvalue weighted by Crippen LogP contribution is 2.26. The quantitative estimate of drug-likeness (QED) is 0.551. The van der Waals surface area contributed by atoms with Crippen molar-refractivity contribution in [1.29, 1.82) is 0 Å². The topological polar surface area (TPSA) is 87.7 Å². The van der Waals surface area contributed by atoms with Crippen LogP contribution < -0.4 is 15.4 Å². The minimum atomic E-state index is -1.10. The van der Waals surface area contributed by atoms with Gasteiger partial charge in [0.1, 0.15) is 5.75 Å². The van der Waals surface area contributed by atoms with Crippen molar-refractivity contribution < 1.29 is 19.4 Å². The van der Waals surface area contributed by atoms with Crippen LogP contribution in [0.3, 0.4) is 0 Å². The van der Waals surface area contributed by atoms with Gasteiger partial charge in [-0.1, -0.05) is 35.9 Å². The Balaban J connectivity index is 1.81. The van der Waals surface area contributed by atoms with Crippen molar-refractivity contribution in [2.45, 2.75) is 0 Å². The molecule has 8 heteroatoms. The number of benzene rings is 3. The number of methoxy groups -OCH3 is 1. The van der Waals surface area contributed by atoms with Gasteiger partial charge >= 0.3 is 5.97 Å². The lowest BCUT2D eigenvalue weighted by molar-refractivity contribution is 0.0696. The third kappa shape index (κ3) is 4.21. The van der Waals surface area contributed by atoms with Crippen LogP contribution in [0.4, 0.5) is 5.69 Å². The summed E-state index contributed by atoms with van der Waals surface area (Å²) in [6.07, 6.45) is 0. The third-order valence-corrected chi connectivity index (χ3v) is 4.53. The summed E-state index contributed by atoms with van der Waals surface area (Å²) >= 11 is 11.2. The van der Waals surface area contributed by atoms with Crippen LogP contribution in [0.1, 0.15) is 20.7 Å². The van der Waals surface area contributed by atoms with E-state index in [-0.39, 0.29) is 21.4 Å². The Kier molecular flexibility index (Phi) is 5.77. The van der Waals surface area contributed by atoms with E-state index in [4.69, 9.17) is 33.7 Å². The number of hydrogen-bond acceptors (Lipinski definition) is 4. The normalized spacial score (nSPS) is 10.4.